The minimum Gasteiger partial charge on any atom is -0.489 e. The van der Waals surface area contributed by atoms with Crippen LogP contribution in [0.4, 0.5) is 15.9 Å². The number of thiophene rings is 1. The van der Waals surface area contributed by atoms with Gasteiger partial charge in [-0.3, -0.25) is 0 Å². The van der Waals surface area contributed by atoms with E-state index in [2.05, 4.69) is 15.3 Å². The van der Waals surface area contributed by atoms with Gasteiger partial charge in [-0.25, -0.2) is 14.4 Å². The van der Waals surface area contributed by atoms with Gasteiger partial charge in [-0.2, -0.15) is 0 Å². The molecule has 22 heavy (non-hydrogen) atoms. The molecule has 0 saturated carbocycles. The van der Waals surface area contributed by atoms with Crippen molar-refractivity contribution >= 4 is 33.1 Å². The Balaban J connectivity index is 2.01. The normalized spacial score (nSPS) is 11.1. The number of ether oxygens (including phenoxy) is 1. The van der Waals surface area contributed by atoms with Crippen LogP contribution in [0.5, 0.6) is 5.75 Å². The molecule has 0 aliphatic rings. The fourth-order valence-corrected chi connectivity index (χ4v) is 3.05. The van der Waals surface area contributed by atoms with E-state index in [0.717, 1.165) is 15.1 Å². The summed E-state index contributed by atoms with van der Waals surface area (Å²) in [5.74, 6) is 0.833. The van der Waals surface area contributed by atoms with Crippen LogP contribution in [0, 0.1) is 12.7 Å². The van der Waals surface area contributed by atoms with E-state index in [1.807, 2.05) is 26.8 Å². The first-order valence-electron chi connectivity index (χ1n) is 6.97. The molecule has 0 aliphatic heterocycles. The Kier molecular flexibility index (Phi) is 3.94. The molecule has 0 saturated heterocycles. The molecule has 0 spiro atoms. The van der Waals surface area contributed by atoms with E-state index in [9.17, 15) is 4.39 Å². The minimum atomic E-state index is -0.332. The topological polar surface area (TPSA) is 47.0 Å². The number of nitrogens with zero attached hydrogens (tertiary/aromatic N) is 2. The molecule has 0 aliphatic carbocycles. The first kappa shape index (κ1) is 14.7. The predicted octanol–water partition coefficient (Wildman–Crippen LogP) is 4.67. The first-order valence-corrected chi connectivity index (χ1v) is 7.79. The molecule has 0 atom stereocenters. The number of hydrogen-bond donors (Lipinski definition) is 1. The SMILES string of the molecule is Cc1cc2ncnc(Nc3ccc(F)cc3OC(C)C)c2s1. The largest absolute Gasteiger partial charge is 0.489 e. The van der Waals surface area contributed by atoms with Crippen LogP contribution in [-0.4, -0.2) is 16.1 Å². The summed E-state index contributed by atoms with van der Waals surface area (Å²) in [5, 5.41) is 3.23. The Morgan fingerprint density at radius 2 is 2.05 bits per heavy atom. The molecular weight excluding hydrogens is 301 g/mol. The zero-order valence-electron chi connectivity index (χ0n) is 12.6. The number of benzene rings is 1. The van der Waals surface area contributed by atoms with Crippen LogP contribution in [-0.2, 0) is 0 Å². The number of nitrogens with one attached hydrogen (secondary N) is 1. The maximum atomic E-state index is 13.5. The van der Waals surface area contributed by atoms with Crippen molar-refractivity contribution in [3.63, 3.8) is 0 Å². The van der Waals surface area contributed by atoms with E-state index in [-0.39, 0.29) is 11.9 Å². The number of aryl methyl sites for hydroxylation is 1. The Labute approximate surface area is 132 Å². The lowest BCUT2D eigenvalue weighted by molar-refractivity contribution is 0.243. The molecule has 0 amide bonds. The average Bonchev–Trinajstić information content (AvgIpc) is 2.82. The van der Waals surface area contributed by atoms with Crippen LogP contribution < -0.4 is 10.1 Å². The van der Waals surface area contributed by atoms with Crippen molar-refractivity contribution in [2.75, 3.05) is 5.32 Å². The Hall–Kier alpha value is -2.21. The van der Waals surface area contributed by atoms with Crippen molar-refractivity contribution in [1.29, 1.82) is 0 Å². The average molecular weight is 317 g/mol. The van der Waals surface area contributed by atoms with Gasteiger partial charge < -0.3 is 10.1 Å². The van der Waals surface area contributed by atoms with Gasteiger partial charge in [-0.15, -0.1) is 11.3 Å². The Morgan fingerprint density at radius 1 is 1.23 bits per heavy atom. The third kappa shape index (κ3) is 3.01. The molecule has 1 N–H and O–H groups in total. The van der Waals surface area contributed by atoms with E-state index >= 15 is 0 Å². The summed E-state index contributed by atoms with van der Waals surface area (Å²) in [4.78, 5) is 9.72. The number of halogens is 1. The van der Waals surface area contributed by atoms with Gasteiger partial charge in [0.25, 0.3) is 0 Å². The van der Waals surface area contributed by atoms with Crippen LogP contribution >= 0.6 is 11.3 Å². The van der Waals surface area contributed by atoms with Crippen LogP contribution in [0.15, 0.2) is 30.6 Å². The predicted molar refractivity (Wildman–Crippen MR) is 87.6 cm³/mol. The summed E-state index contributed by atoms with van der Waals surface area (Å²) in [6, 6.07) is 6.44. The first-order chi connectivity index (χ1) is 10.5. The molecule has 2 heterocycles. The molecule has 3 aromatic rings. The van der Waals surface area contributed by atoms with Gasteiger partial charge in [-0.1, -0.05) is 0 Å². The molecule has 0 fully saturated rings. The highest BCUT2D eigenvalue weighted by molar-refractivity contribution is 7.19. The quantitative estimate of drug-likeness (QED) is 0.759. The molecule has 4 nitrogen and oxygen atoms in total. The molecule has 6 heteroatoms. The number of fused-ring (bicyclic) bond motifs is 1. The van der Waals surface area contributed by atoms with Gasteiger partial charge in [0.15, 0.2) is 5.82 Å². The standard InChI is InChI=1S/C16H16FN3OS/c1-9(2)21-14-7-11(17)4-5-12(14)20-16-15-13(18-8-19-16)6-10(3)22-15/h4-9H,1-3H3,(H,18,19,20). The van der Waals surface area contributed by atoms with E-state index in [1.54, 1.807) is 17.4 Å². The Morgan fingerprint density at radius 3 is 2.82 bits per heavy atom. The second-order valence-corrected chi connectivity index (χ2v) is 6.48. The lowest BCUT2D eigenvalue weighted by atomic mass is 10.2. The second-order valence-electron chi connectivity index (χ2n) is 5.23. The van der Waals surface area contributed by atoms with Gasteiger partial charge in [0, 0.05) is 10.9 Å². The number of rotatable bonds is 4. The van der Waals surface area contributed by atoms with Crippen molar-refractivity contribution < 1.29 is 9.13 Å². The summed E-state index contributed by atoms with van der Waals surface area (Å²) < 4.78 is 20.1. The van der Waals surface area contributed by atoms with Crippen molar-refractivity contribution in [3.05, 3.63) is 41.3 Å². The summed E-state index contributed by atoms with van der Waals surface area (Å²) in [5.41, 5.74) is 1.58. The number of hydrogen-bond acceptors (Lipinski definition) is 5. The number of anilines is 2. The smallest absolute Gasteiger partial charge is 0.151 e. The molecule has 1 aromatic carbocycles. The third-order valence-electron chi connectivity index (χ3n) is 2.99. The summed E-state index contributed by atoms with van der Waals surface area (Å²) >= 11 is 1.62. The van der Waals surface area contributed by atoms with E-state index in [1.165, 1.54) is 18.5 Å². The third-order valence-corrected chi connectivity index (χ3v) is 4.04. The molecule has 0 unspecified atom stereocenters. The van der Waals surface area contributed by atoms with E-state index < -0.39 is 0 Å². The minimum absolute atomic E-state index is 0.0447. The second kappa shape index (κ2) is 5.88. The van der Waals surface area contributed by atoms with Crippen LogP contribution in [0.3, 0.4) is 0 Å². The number of aromatic nitrogens is 2. The van der Waals surface area contributed by atoms with Crippen molar-refractivity contribution in [1.82, 2.24) is 9.97 Å². The highest BCUT2D eigenvalue weighted by Crippen LogP contribution is 2.34. The van der Waals surface area contributed by atoms with Gasteiger partial charge in [0.05, 0.1) is 22.0 Å². The Bertz CT molecular complexity index is 816. The van der Waals surface area contributed by atoms with Gasteiger partial charge in [0.2, 0.25) is 0 Å². The van der Waals surface area contributed by atoms with Gasteiger partial charge in [-0.05, 0) is 39.0 Å². The van der Waals surface area contributed by atoms with Crippen molar-refractivity contribution in [2.45, 2.75) is 26.9 Å². The van der Waals surface area contributed by atoms with Gasteiger partial charge in [0.1, 0.15) is 17.9 Å². The maximum Gasteiger partial charge on any atom is 0.151 e. The van der Waals surface area contributed by atoms with Crippen LogP contribution in [0.2, 0.25) is 0 Å². The zero-order valence-corrected chi connectivity index (χ0v) is 13.4. The van der Waals surface area contributed by atoms with E-state index in [4.69, 9.17) is 4.74 Å². The van der Waals surface area contributed by atoms with Crippen molar-refractivity contribution in [2.24, 2.45) is 0 Å². The summed E-state index contributed by atoms with van der Waals surface area (Å²) in [6.07, 6.45) is 1.47. The monoisotopic (exact) mass is 317 g/mol. The fourth-order valence-electron chi connectivity index (χ4n) is 2.14. The molecule has 3 rings (SSSR count). The van der Waals surface area contributed by atoms with Crippen molar-refractivity contribution in [3.8, 4) is 5.75 Å². The van der Waals surface area contributed by atoms with E-state index in [0.29, 0.717) is 17.3 Å². The van der Waals surface area contributed by atoms with Crippen LogP contribution in [0.25, 0.3) is 10.2 Å². The lowest BCUT2D eigenvalue weighted by Crippen LogP contribution is -2.08. The zero-order chi connectivity index (χ0) is 15.7. The molecule has 0 bridgehead atoms. The van der Waals surface area contributed by atoms with Crippen LogP contribution in [0.1, 0.15) is 18.7 Å². The summed E-state index contributed by atoms with van der Waals surface area (Å²) in [7, 11) is 0. The molecule has 0 radical (unpaired) electrons. The molecule has 114 valence electrons. The highest BCUT2D eigenvalue weighted by atomic mass is 32.1. The molecular formula is C16H16FN3OS. The highest BCUT2D eigenvalue weighted by Gasteiger charge is 2.12. The maximum absolute atomic E-state index is 13.5. The fraction of sp³-hybridized carbons (Fsp3) is 0.250. The summed E-state index contributed by atoms with van der Waals surface area (Å²) in [6.45, 7) is 5.84. The molecule has 2 aromatic heterocycles. The lowest BCUT2D eigenvalue weighted by Gasteiger charge is -2.15. The van der Waals surface area contributed by atoms with Gasteiger partial charge >= 0.3 is 0 Å².